The molecule has 3 aliphatic heterocycles. The number of halogens is 6. The second-order valence-electron chi connectivity index (χ2n) is 10.5. The maximum atomic E-state index is 15.3. The Bertz CT molecular complexity index is 1320. The maximum Gasteiger partial charge on any atom is 0.349 e. The fourth-order valence-electron chi connectivity index (χ4n) is 5.62. The molecule has 3 saturated heterocycles. The third kappa shape index (κ3) is 4.51. The minimum absolute atomic E-state index is 0.0663. The highest BCUT2D eigenvalue weighted by molar-refractivity contribution is 6.42. The van der Waals surface area contributed by atoms with E-state index in [0.29, 0.717) is 26.3 Å². The molecule has 1 aromatic carbocycles. The second-order valence-corrected chi connectivity index (χ2v) is 11.4. The van der Waals surface area contributed by atoms with Crippen LogP contribution in [0.4, 0.5) is 22.4 Å². The van der Waals surface area contributed by atoms with E-state index in [0.717, 1.165) is 12.1 Å². The van der Waals surface area contributed by atoms with E-state index in [1.54, 1.807) is 9.80 Å². The molecule has 1 aliphatic carbocycles. The van der Waals surface area contributed by atoms with E-state index in [2.05, 4.69) is 10.2 Å². The summed E-state index contributed by atoms with van der Waals surface area (Å²) in [5.41, 5.74) is -1.30. The number of nitrogens with zero attached hydrogens (tertiary/aromatic N) is 5. The van der Waals surface area contributed by atoms with E-state index in [4.69, 9.17) is 32.4 Å². The Hall–Kier alpha value is -2.64. The lowest BCUT2D eigenvalue weighted by atomic mass is 9.71. The van der Waals surface area contributed by atoms with Crippen molar-refractivity contribution in [2.45, 2.75) is 24.2 Å². The number of ether oxygens (including phenoxy) is 1. The highest BCUT2D eigenvalue weighted by atomic mass is 35.5. The van der Waals surface area contributed by atoms with Crippen LogP contribution in [0.2, 0.25) is 10.0 Å². The first-order chi connectivity index (χ1) is 18.4. The van der Waals surface area contributed by atoms with Crippen molar-refractivity contribution in [2.75, 3.05) is 52.5 Å². The van der Waals surface area contributed by atoms with Crippen LogP contribution in [0, 0.1) is 11.3 Å². The Balaban J connectivity index is 1.26. The average molecular weight is 592 g/mol. The van der Waals surface area contributed by atoms with Crippen LogP contribution in [0.25, 0.3) is 0 Å². The Kier molecular flexibility index (Phi) is 6.27. The van der Waals surface area contributed by atoms with Gasteiger partial charge in [-0.15, -0.1) is 10.2 Å². The molecule has 3 amide bonds. The average Bonchev–Trinajstić information content (AvgIpc) is 3.24. The molecule has 39 heavy (non-hydrogen) atoms. The molecule has 1 saturated carbocycles. The Morgan fingerprint density at radius 2 is 1.67 bits per heavy atom. The Labute approximate surface area is 229 Å². The van der Waals surface area contributed by atoms with Gasteiger partial charge in [0.15, 0.2) is 0 Å². The predicted molar refractivity (Wildman–Crippen MR) is 128 cm³/mol. The summed E-state index contributed by atoms with van der Waals surface area (Å²) < 4.78 is 68.4. The molecule has 0 N–H and O–H groups in total. The standard InChI is InChI=1S/C24H23Cl2F4N5O4/c25-16-2-1-13(7-17(16)26)24(29,30)20-32-31-18(39-20)15-9-34(21(37)33-3-5-38-6-4-33)10-22(15)11-35(12-22)19(36)14-8-23(14,27)28/h1-2,7,14-15H,3-6,8-12H2/t14-,15?/m1/s1. The number of likely N-dealkylation sites (tertiary alicyclic amines) is 2. The van der Waals surface area contributed by atoms with Crippen LogP contribution in [0.3, 0.4) is 0 Å². The van der Waals surface area contributed by atoms with Crippen molar-refractivity contribution in [1.82, 2.24) is 24.9 Å². The lowest BCUT2D eigenvalue weighted by molar-refractivity contribution is -0.147. The van der Waals surface area contributed by atoms with Gasteiger partial charge >= 0.3 is 12.0 Å². The number of amides is 3. The van der Waals surface area contributed by atoms with Crippen molar-refractivity contribution >= 4 is 35.1 Å². The van der Waals surface area contributed by atoms with E-state index in [9.17, 15) is 18.4 Å². The smallest absolute Gasteiger partial charge is 0.349 e. The van der Waals surface area contributed by atoms with Crippen molar-refractivity contribution < 1.29 is 36.3 Å². The molecular weight excluding hydrogens is 569 g/mol. The molecule has 210 valence electrons. The van der Waals surface area contributed by atoms with Crippen LogP contribution in [-0.2, 0) is 15.5 Å². The van der Waals surface area contributed by atoms with Crippen LogP contribution >= 0.6 is 23.2 Å². The van der Waals surface area contributed by atoms with Gasteiger partial charge in [0.2, 0.25) is 11.8 Å². The number of hydrogen-bond acceptors (Lipinski definition) is 6. The molecular formula is C24H23Cl2F4N5O4. The quantitative estimate of drug-likeness (QED) is 0.502. The van der Waals surface area contributed by atoms with E-state index in [-0.39, 0.29) is 48.1 Å². The molecule has 4 aliphatic rings. The second kappa shape index (κ2) is 9.20. The number of benzene rings is 1. The highest BCUT2D eigenvalue weighted by Gasteiger charge is 2.66. The zero-order chi connectivity index (χ0) is 27.7. The topological polar surface area (TPSA) is 92.0 Å². The number of alkyl halides is 4. The van der Waals surface area contributed by atoms with Crippen molar-refractivity contribution in [2.24, 2.45) is 11.3 Å². The summed E-state index contributed by atoms with van der Waals surface area (Å²) in [6.07, 6.45) is -0.489. The molecule has 15 heteroatoms. The molecule has 9 nitrogen and oxygen atoms in total. The van der Waals surface area contributed by atoms with Crippen molar-refractivity contribution in [3.8, 4) is 0 Å². The zero-order valence-electron chi connectivity index (χ0n) is 20.4. The first kappa shape index (κ1) is 26.6. The fraction of sp³-hybridized carbons (Fsp3) is 0.583. The van der Waals surface area contributed by atoms with E-state index in [1.807, 2.05) is 0 Å². The molecule has 4 heterocycles. The highest BCUT2D eigenvalue weighted by Crippen LogP contribution is 2.54. The van der Waals surface area contributed by atoms with Gasteiger partial charge in [0.25, 0.3) is 11.8 Å². The number of carbonyl (C=O) groups excluding carboxylic acids is 2. The molecule has 2 aromatic rings. The maximum absolute atomic E-state index is 15.3. The molecule has 1 aromatic heterocycles. The number of urea groups is 1. The van der Waals surface area contributed by atoms with Crippen LogP contribution in [0.1, 0.15) is 29.7 Å². The van der Waals surface area contributed by atoms with Crippen molar-refractivity contribution in [3.05, 3.63) is 45.6 Å². The minimum Gasteiger partial charge on any atom is -0.419 e. The summed E-state index contributed by atoms with van der Waals surface area (Å²) in [7, 11) is 0. The van der Waals surface area contributed by atoms with Crippen molar-refractivity contribution in [1.29, 1.82) is 0 Å². The van der Waals surface area contributed by atoms with E-state index < -0.39 is 52.9 Å². The zero-order valence-corrected chi connectivity index (χ0v) is 21.9. The van der Waals surface area contributed by atoms with Gasteiger partial charge < -0.3 is 23.9 Å². The van der Waals surface area contributed by atoms with Crippen LogP contribution in [0.5, 0.6) is 0 Å². The number of morpholine rings is 1. The lowest BCUT2D eigenvalue weighted by Crippen LogP contribution is -2.62. The summed E-state index contributed by atoms with van der Waals surface area (Å²) in [6, 6.07) is 3.08. The normalized spacial score (nSPS) is 25.6. The molecule has 1 unspecified atom stereocenters. The first-order valence-electron chi connectivity index (χ1n) is 12.4. The van der Waals surface area contributed by atoms with Gasteiger partial charge in [-0.25, -0.2) is 13.6 Å². The van der Waals surface area contributed by atoms with Gasteiger partial charge in [0.1, 0.15) is 5.92 Å². The molecule has 0 bridgehead atoms. The predicted octanol–water partition coefficient (Wildman–Crippen LogP) is 3.85. The molecule has 4 fully saturated rings. The lowest BCUT2D eigenvalue weighted by Gasteiger charge is -2.50. The van der Waals surface area contributed by atoms with Crippen LogP contribution in [-0.4, -0.2) is 95.2 Å². The fourth-order valence-corrected chi connectivity index (χ4v) is 5.92. The van der Waals surface area contributed by atoms with Crippen molar-refractivity contribution in [3.63, 3.8) is 0 Å². The molecule has 0 radical (unpaired) electrons. The van der Waals surface area contributed by atoms with Gasteiger partial charge in [-0.1, -0.05) is 29.3 Å². The van der Waals surface area contributed by atoms with Crippen LogP contribution in [0.15, 0.2) is 22.6 Å². The molecule has 2 atom stereocenters. The molecule has 6 rings (SSSR count). The van der Waals surface area contributed by atoms with Gasteiger partial charge in [-0.3, -0.25) is 4.79 Å². The summed E-state index contributed by atoms with van der Waals surface area (Å²) >= 11 is 11.8. The van der Waals surface area contributed by atoms with Gasteiger partial charge in [-0.2, -0.15) is 8.78 Å². The number of carbonyl (C=O) groups is 2. The first-order valence-corrected chi connectivity index (χ1v) is 13.1. The third-order valence-corrected chi connectivity index (χ3v) is 8.68. The molecule has 1 spiro atoms. The largest absolute Gasteiger partial charge is 0.419 e. The third-order valence-electron chi connectivity index (χ3n) is 7.94. The monoisotopic (exact) mass is 591 g/mol. The van der Waals surface area contributed by atoms with E-state index in [1.165, 1.54) is 11.0 Å². The Morgan fingerprint density at radius 3 is 2.31 bits per heavy atom. The summed E-state index contributed by atoms with van der Waals surface area (Å²) in [4.78, 5) is 30.3. The van der Waals surface area contributed by atoms with E-state index >= 15 is 8.78 Å². The SMILES string of the molecule is O=C([C@H]1CC1(F)F)N1CC2(C1)CN(C(=O)N1CCOCC1)CC2c1nnc(C(F)(F)c2ccc(Cl)c(Cl)c2)o1. The summed E-state index contributed by atoms with van der Waals surface area (Å²) in [5.74, 6) is -10.5. The van der Waals surface area contributed by atoms with Gasteiger partial charge in [-0.05, 0) is 12.1 Å². The van der Waals surface area contributed by atoms with Crippen LogP contribution < -0.4 is 0 Å². The minimum atomic E-state index is -3.69. The van der Waals surface area contributed by atoms with Gasteiger partial charge in [0, 0.05) is 56.7 Å². The number of aromatic nitrogens is 2. The number of rotatable bonds is 4. The summed E-state index contributed by atoms with van der Waals surface area (Å²) in [6.45, 7) is 1.97. The number of hydrogen-bond donors (Lipinski definition) is 0. The Morgan fingerprint density at radius 1 is 1.00 bits per heavy atom. The van der Waals surface area contributed by atoms with Gasteiger partial charge in [0.05, 0.1) is 29.2 Å². The summed E-state index contributed by atoms with van der Waals surface area (Å²) in [5, 5.41) is 7.54.